The van der Waals surface area contributed by atoms with E-state index in [-0.39, 0.29) is 12.1 Å². The number of benzene rings is 1. The van der Waals surface area contributed by atoms with Crippen LogP contribution in [0.5, 0.6) is 11.5 Å². The smallest absolute Gasteiger partial charge is 0.119 e. The lowest BCUT2D eigenvalue weighted by molar-refractivity contribution is 0.0296. The first-order valence-electron chi connectivity index (χ1n) is 6.43. The highest BCUT2D eigenvalue weighted by Crippen LogP contribution is 2.20. The molecule has 18 heavy (non-hydrogen) atoms. The van der Waals surface area contributed by atoms with E-state index in [0.717, 1.165) is 24.3 Å². The maximum absolute atomic E-state index is 5.92. The largest absolute Gasteiger partial charge is 0.497 e. The van der Waals surface area contributed by atoms with Crippen LogP contribution >= 0.6 is 0 Å². The van der Waals surface area contributed by atoms with Crippen molar-refractivity contribution in [1.29, 1.82) is 0 Å². The molecule has 1 aliphatic rings. The zero-order chi connectivity index (χ0) is 12.8. The van der Waals surface area contributed by atoms with Gasteiger partial charge in [0.2, 0.25) is 0 Å². The molecule has 2 N–H and O–H groups in total. The van der Waals surface area contributed by atoms with Gasteiger partial charge in [0.25, 0.3) is 0 Å². The summed E-state index contributed by atoms with van der Waals surface area (Å²) >= 11 is 0. The SMILES string of the molecule is COc1ccc(OCCOC2CCCC2N)cc1. The number of hydrogen-bond donors (Lipinski definition) is 1. The minimum atomic E-state index is 0.200. The van der Waals surface area contributed by atoms with E-state index in [2.05, 4.69) is 0 Å². The van der Waals surface area contributed by atoms with Crippen LogP contribution in [0, 0.1) is 0 Å². The Hall–Kier alpha value is -1.26. The van der Waals surface area contributed by atoms with Crippen LogP contribution in [0.15, 0.2) is 24.3 Å². The second-order valence-electron chi connectivity index (χ2n) is 4.53. The Morgan fingerprint density at radius 2 is 1.83 bits per heavy atom. The van der Waals surface area contributed by atoms with Crippen molar-refractivity contribution >= 4 is 0 Å². The molecular formula is C14H21NO3. The van der Waals surface area contributed by atoms with Crippen molar-refractivity contribution in [3.63, 3.8) is 0 Å². The normalized spacial score (nSPS) is 23.0. The van der Waals surface area contributed by atoms with Gasteiger partial charge >= 0.3 is 0 Å². The molecule has 1 aromatic rings. The van der Waals surface area contributed by atoms with Gasteiger partial charge in [-0.3, -0.25) is 0 Å². The molecule has 0 radical (unpaired) electrons. The van der Waals surface area contributed by atoms with Gasteiger partial charge in [-0.15, -0.1) is 0 Å². The van der Waals surface area contributed by atoms with Gasteiger partial charge < -0.3 is 19.9 Å². The molecule has 1 aromatic carbocycles. The van der Waals surface area contributed by atoms with Crippen molar-refractivity contribution < 1.29 is 14.2 Å². The second-order valence-corrected chi connectivity index (χ2v) is 4.53. The molecule has 2 unspecified atom stereocenters. The Morgan fingerprint density at radius 1 is 1.11 bits per heavy atom. The lowest BCUT2D eigenvalue weighted by Crippen LogP contribution is -2.32. The standard InChI is InChI=1S/C14H21NO3/c1-16-11-5-7-12(8-6-11)17-9-10-18-14-4-2-3-13(14)15/h5-8,13-14H,2-4,9-10,15H2,1H3. The maximum Gasteiger partial charge on any atom is 0.119 e. The van der Waals surface area contributed by atoms with Gasteiger partial charge in [-0.1, -0.05) is 0 Å². The third-order valence-electron chi connectivity index (χ3n) is 3.25. The van der Waals surface area contributed by atoms with Gasteiger partial charge in [0.15, 0.2) is 0 Å². The molecule has 0 heterocycles. The zero-order valence-electron chi connectivity index (χ0n) is 10.8. The van der Waals surface area contributed by atoms with Crippen LogP contribution in [0.3, 0.4) is 0 Å². The van der Waals surface area contributed by atoms with E-state index in [9.17, 15) is 0 Å². The van der Waals surface area contributed by atoms with E-state index in [0.29, 0.717) is 13.2 Å². The molecule has 1 aliphatic carbocycles. The highest BCUT2D eigenvalue weighted by Gasteiger charge is 2.24. The summed E-state index contributed by atoms with van der Waals surface area (Å²) in [6, 6.07) is 7.73. The molecule has 100 valence electrons. The molecule has 0 aromatic heterocycles. The lowest BCUT2D eigenvalue weighted by atomic mass is 10.2. The van der Waals surface area contributed by atoms with Crippen LogP contribution in [0.4, 0.5) is 0 Å². The predicted molar refractivity (Wildman–Crippen MR) is 70.1 cm³/mol. The maximum atomic E-state index is 5.92. The van der Waals surface area contributed by atoms with Gasteiger partial charge in [0.05, 0.1) is 19.8 Å². The molecule has 0 saturated heterocycles. The molecule has 2 rings (SSSR count). The van der Waals surface area contributed by atoms with Crippen molar-refractivity contribution in [1.82, 2.24) is 0 Å². The third-order valence-corrected chi connectivity index (χ3v) is 3.25. The summed E-state index contributed by atoms with van der Waals surface area (Å²) < 4.78 is 16.4. The molecule has 0 aliphatic heterocycles. The monoisotopic (exact) mass is 251 g/mol. The second kappa shape index (κ2) is 6.61. The summed E-state index contributed by atoms with van der Waals surface area (Å²) in [5.74, 6) is 1.66. The lowest BCUT2D eigenvalue weighted by Gasteiger charge is -2.16. The Bertz CT molecular complexity index is 353. The van der Waals surface area contributed by atoms with Gasteiger partial charge in [-0.2, -0.15) is 0 Å². The molecule has 0 spiro atoms. The molecule has 1 fully saturated rings. The van der Waals surface area contributed by atoms with Gasteiger partial charge in [-0.05, 0) is 43.5 Å². The average Bonchev–Trinajstić information content (AvgIpc) is 2.81. The van der Waals surface area contributed by atoms with Crippen molar-refractivity contribution in [2.45, 2.75) is 31.4 Å². The molecule has 2 atom stereocenters. The van der Waals surface area contributed by atoms with Gasteiger partial charge in [0, 0.05) is 6.04 Å². The molecule has 0 amide bonds. The van der Waals surface area contributed by atoms with E-state index in [1.807, 2.05) is 24.3 Å². The van der Waals surface area contributed by atoms with E-state index in [1.165, 1.54) is 6.42 Å². The molecule has 4 heteroatoms. The van der Waals surface area contributed by atoms with Crippen LogP contribution in [0.2, 0.25) is 0 Å². The summed E-state index contributed by atoms with van der Waals surface area (Å²) in [5, 5.41) is 0. The first-order valence-corrected chi connectivity index (χ1v) is 6.43. The number of nitrogens with two attached hydrogens (primary N) is 1. The van der Waals surface area contributed by atoms with Crippen molar-refractivity contribution in [2.24, 2.45) is 5.73 Å². The average molecular weight is 251 g/mol. The molecular weight excluding hydrogens is 230 g/mol. The Kier molecular flexibility index (Phi) is 4.84. The number of hydrogen-bond acceptors (Lipinski definition) is 4. The molecule has 4 nitrogen and oxygen atoms in total. The fourth-order valence-corrected chi connectivity index (χ4v) is 2.19. The highest BCUT2D eigenvalue weighted by molar-refractivity contribution is 5.31. The first kappa shape index (κ1) is 13.2. The van der Waals surface area contributed by atoms with E-state index < -0.39 is 0 Å². The Balaban J connectivity index is 1.65. The first-order chi connectivity index (χ1) is 8.79. The summed E-state index contributed by atoms with van der Waals surface area (Å²) in [6.45, 7) is 1.14. The van der Waals surface area contributed by atoms with Crippen molar-refractivity contribution in [2.75, 3.05) is 20.3 Å². The van der Waals surface area contributed by atoms with Crippen LogP contribution < -0.4 is 15.2 Å². The van der Waals surface area contributed by atoms with Crippen LogP contribution in [0.1, 0.15) is 19.3 Å². The summed E-state index contributed by atoms with van der Waals surface area (Å²) in [7, 11) is 1.65. The fraction of sp³-hybridized carbons (Fsp3) is 0.571. The van der Waals surface area contributed by atoms with Crippen LogP contribution in [0.25, 0.3) is 0 Å². The number of rotatable bonds is 6. The quantitative estimate of drug-likeness (QED) is 0.785. The summed E-state index contributed by atoms with van der Waals surface area (Å²) in [5.41, 5.74) is 5.92. The summed E-state index contributed by atoms with van der Waals surface area (Å²) in [6.07, 6.45) is 3.53. The van der Waals surface area contributed by atoms with Crippen LogP contribution in [-0.2, 0) is 4.74 Å². The van der Waals surface area contributed by atoms with Gasteiger partial charge in [-0.25, -0.2) is 0 Å². The third kappa shape index (κ3) is 3.62. The van der Waals surface area contributed by atoms with E-state index in [4.69, 9.17) is 19.9 Å². The summed E-state index contributed by atoms with van der Waals surface area (Å²) in [4.78, 5) is 0. The topological polar surface area (TPSA) is 53.7 Å². The van der Waals surface area contributed by atoms with Crippen molar-refractivity contribution in [3.8, 4) is 11.5 Å². The minimum absolute atomic E-state index is 0.200. The minimum Gasteiger partial charge on any atom is -0.497 e. The Morgan fingerprint density at radius 3 is 2.44 bits per heavy atom. The van der Waals surface area contributed by atoms with E-state index in [1.54, 1.807) is 7.11 Å². The van der Waals surface area contributed by atoms with Crippen LogP contribution in [-0.4, -0.2) is 32.5 Å². The van der Waals surface area contributed by atoms with Gasteiger partial charge in [0.1, 0.15) is 18.1 Å². The Labute approximate surface area is 108 Å². The fourth-order valence-electron chi connectivity index (χ4n) is 2.19. The number of methoxy groups -OCH3 is 1. The molecule has 1 saturated carbocycles. The highest BCUT2D eigenvalue weighted by atomic mass is 16.5. The number of ether oxygens (including phenoxy) is 3. The predicted octanol–water partition coefficient (Wildman–Crippen LogP) is 1.97. The van der Waals surface area contributed by atoms with E-state index >= 15 is 0 Å². The van der Waals surface area contributed by atoms with Crippen molar-refractivity contribution in [3.05, 3.63) is 24.3 Å². The molecule has 0 bridgehead atoms. The zero-order valence-corrected chi connectivity index (χ0v) is 10.8.